The van der Waals surface area contributed by atoms with E-state index in [2.05, 4.69) is 6.92 Å². The highest BCUT2D eigenvalue weighted by atomic mass is 32.2. The molecule has 0 radical (unpaired) electrons. The van der Waals surface area contributed by atoms with Crippen LogP contribution in [-0.4, -0.2) is 15.7 Å². The highest BCUT2D eigenvalue weighted by molar-refractivity contribution is 7.85. The predicted octanol–water partition coefficient (Wildman–Crippen LogP) is 1.56. The first-order valence-electron chi connectivity index (χ1n) is 3.68. The molecule has 1 rings (SSSR count). The Morgan fingerprint density at radius 2 is 2.44 bits per heavy atom. The molecule has 1 aliphatic heterocycles. The summed E-state index contributed by atoms with van der Waals surface area (Å²) in [4.78, 5) is 0. The molecule has 0 aliphatic carbocycles. The monoisotopic (exact) mass is 146 g/mol. The Labute approximate surface area is 59.3 Å². The van der Waals surface area contributed by atoms with Gasteiger partial charge in [-0.2, -0.15) is 0 Å². The molecule has 54 valence electrons. The topological polar surface area (TPSA) is 17.1 Å². The third-order valence-electron chi connectivity index (χ3n) is 1.98. The third-order valence-corrected chi connectivity index (χ3v) is 3.57. The Morgan fingerprint density at radius 3 is 2.89 bits per heavy atom. The SMILES string of the molecule is CCC1CCCS(=O)C1. The van der Waals surface area contributed by atoms with E-state index in [1.54, 1.807) is 0 Å². The molecule has 1 aliphatic rings. The summed E-state index contributed by atoms with van der Waals surface area (Å²) >= 11 is 0. The largest absolute Gasteiger partial charge is 0.260 e. The summed E-state index contributed by atoms with van der Waals surface area (Å²) in [5.41, 5.74) is 0. The Morgan fingerprint density at radius 1 is 1.67 bits per heavy atom. The van der Waals surface area contributed by atoms with E-state index < -0.39 is 10.8 Å². The molecule has 2 atom stereocenters. The van der Waals surface area contributed by atoms with Gasteiger partial charge in [0.2, 0.25) is 0 Å². The molecule has 0 aromatic heterocycles. The van der Waals surface area contributed by atoms with Crippen molar-refractivity contribution in [2.45, 2.75) is 26.2 Å². The molecule has 1 fully saturated rings. The maximum absolute atomic E-state index is 10.9. The summed E-state index contributed by atoms with van der Waals surface area (Å²) in [6.45, 7) is 2.19. The predicted molar refractivity (Wildman–Crippen MR) is 40.9 cm³/mol. The van der Waals surface area contributed by atoms with Gasteiger partial charge in [0, 0.05) is 22.3 Å². The first-order valence-corrected chi connectivity index (χ1v) is 5.16. The van der Waals surface area contributed by atoms with Gasteiger partial charge >= 0.3 is 0 Å². The molecule has 0 amide bonds. The first-order chi connectivity index (χ1) is 4.33. The fourth-order valence-corrected chi connectivity index (χ4v) is 2.87. The van der Waals surface area contributed by atoms with Crippen molar-refractivity contribution >= 4 is 10.8 Å². The highest BCUT2D eigenvalue weighted by Crippen LogP contribution is 2.17. The van der Waals surface area contributed by atoms with Crippen molar-refractivity contribution in [1.82, 2.24) is 0 Å². The maximum Gasteiger partial charge on any atom is 0.0263 e. The van der Waals surface area contributed by atoms with Crippen LogP contribution >= 0.6 is 0 Å². The molecule has 0 aromatic carbocycles. The lowest BCUT2D eigenvalue weighted by atomic mass is 10.0. The summed E-state index contributed by atoms with van der Waals surface area (Å²) in [5.74, 6) is 2.69. The van der Waals surface area contributed by atoms with Gasteiger partial charge in [0.05, 0.1) is 0 Å². The Kier molecular flexibility index (Phi) is 2.70. The average Bonchev–Trinajstić information content (AvgIpc) is 1.88. The summed E-state index contributed by atoms with van der Waals surface area (Å²) in [7, 11) is -0.470. The second-order valence-corrected chi connectivity index (χ2v) is 4.35. The van der Waals surface area contributed by atoms with Gasteiger partial charge in [-0.3, -0.25) is 4.21 Å². The molecule has 0 bridgehead atoms. The van der Waals surface area contributed by atoms with Gasteiger partial charge in [0.15, 0.2) is 0 Å². The number of hydrogen-bond donors (Lipinski definition) is 0. The molecule has 9 heavy (non-hydrogen) atoms. The van der Waals surface area contributed by atoms with E-state index in [9.17, 15) is 4.21 Å². The minimum Gasteiger partial charge on any atom is -0.260 e. The summed E-state index contributed by atoms with van der Waals surface area (Å²) in [6.07, 6.45) is 3.71. The molecule has 1 saturated heterocycles. The molecular formula is C7H14OS. The lowest BCUT2D eigenvalue weighted by Crippen LogP contribution is -2.19. The summed E-state index contributed by atoms with van der Waals surface area (Å²) in [6, 6.07) is 0. The van der Waals surface area contributed by atoms with Crippen molar-refractivity contribution in [2.24, 2.45) is 5.92 Å². The molecule has 0 saturated carbocycles. The van der Waals surface area contributed by atoms with Gasteiger partial charge in [-0.25, -0.2) is 0 Å². The summed E-state index contributed by atoms with van der Waals surface area (Å²) < 4.78 is 10.9. The average molecular weight is 146 g/mol. The van der Waals surface area contributed by atoms with Crippen LogP contribution in [0.4, 0.5) is 0 Å². The number of rotatable bonds is 1. The van der Waals surface area contributed by atoms with Crippen LogP contribution in [0, 0.1) is 5.92 Å². The zero-order valence-electron chi connectivity index (χ0n) is 5.93. The van der Waals surface area contributed by atoms with Crippen LogP contribution in [0.25, 0.3) is 0 Å². The van der Waals surface area contributed by atoms with E-state index in [-0.39, 0.29) is 0 Å². The van der Waals surface area contributed by atoms with Crippen molar-refractivity contribution in [2.75, 3.05) is 11.5 Å². The Bertz CT molecular complexity index is 111. The second kappa shape index (κ2) is 3.35. The molecule has 0 aromatic rings. The molecular weight excluding hydrogens is 132 g/mol. The van der Waals surface area contributed by atoms with E-state index in [1.165, 1.54) is 19.3 Å². The summed E-state index contributed by atoms with van der Waals surface area (Å²) in [5, 5.41) is 0. The van der Waals surface area contributed by atoms with Gasteiger partial charge in [-0.15, -0.1) is 0 Å². The van der Waals surface area contributed by atoms with Crippen LogP contribution < -0.4 is 0 Å². The van der Waals surface area contributed by atoms with Gasteiger partial charge in [-0.05, 0) is 18.8 Å². The minimum absolute atomic E-state index is 0.470. The van der Waals surface area contributed by atoms with E-state index in [4.69, 9.17) is 0 Å². The fraction of sp³-hybridized carbons (Fsp3) is 1.00. The van der Waals surface area contributed by atoms with Crippen LogP contribution in [0.2, 0.25) is 0 Å². The second-order valence-electron chi connectivity index (χ2n) is 2.73. The van der Waals surface area contributed by atoms with E-state index in [0.29, 0.717) is 0 Å². The van der Waals surface area contributed by atoms with Crippen molar-refractivity contribution in [1.29, 1.82) is 0 Å². The molecule has 2 unspecified atom stereocenters. The zero-order valence-corrected chi connectivity index (χ0v) is 6.75. The first kappa shape index (κ1) is 7.26. The normalized spacial score (nSPS) is 36.6. The molecule has 2 heteroatoms. The van der Waals surface area contributed by atoms with Crippen molar-refractivity contribution in [3.05, 3.63) is 0 Å². The molecule has 1 heterocycles. The quantitative estimate of drug-likeness (QED) is 0.548. The Balaban J connectivity index is 2.32. The fourth-order valence-electron chi connectivity index (χ4n) is 1.28. The minimum atomic E-state index is -0.470. The van der Waals surface area contributed by atoms with Gasteiger partial charge in [-0.1, -0.05) is 13.3 Å². The zero-order chi connectivity index (χ0) is 6.69. The maximum atomic E-state index is 10.9. The van der Waals surface area contributed by atoms with Crippen LogP contribution in [0.3, 0.4) is 0 Å². The lowest BCUT2D eigenvalue weighted by molar-refractivity contribution is 0.495. The van der Waals surface area contributed by atoms with Crippen molar-refractivity contribution in [3.8, 4) is 0 Å². The smallest absolute Gasteiger partial charge is 0.0263 e. The van der Waals surface area contributed by atoms with Crippen LogP contribution in [0.5, 0.6) is 0 Å². The standard InChI is InChI=1S/C7H14OS/c1-2-7-4-3-5-9(8)6-7/h7H,2-6H2,1H3. The lowest BCUT2D eigenvalue weighted by Gasteiger charge is -2.18. The molecule has 0 spiro atoms. The van der Waals surface area contributed by atoms with Gasteiger partial charge < -0.3 is 0 Å². The van der Waals surface area contributed by atoms with E-state index >= 15 is 0 Å². The van der Waals surface area contributed by atoms with E-state index in [0.717, 1.165) is 17.4 Å². The third kappa shape index (κ3) is 2.09. The van der Waals surface area contributed by atoms with Crippen molar-refractivity contribution in [3.63, 3.8) is 0 Å². The molecule has 1 nitrogen and oxygen atoms in total. The van der Waals surface area contributed by atoms with Crippen LogP contribution in [0.15, 0.2) is 0 Å². The van der Waals surface area contributed by atoms with Crippen molar-refractivity contribution < 1.29 is 4.21 Å². The Hall–Kier alpha value is 0.150. The van der Waals surface area contributed by atoms with Crippen LogP contribution in [-0.2, 0) is 10.8 Å². The van der Waals surface area contributed by atoms with E-state index in [1.807, 2.05) is 0 Å². The number of hydrogen-bond acceptors (Lipinski definition) is 1. The van der Waals surface area contributed by atoms with Gasteiger partial charge in [0.25, 0.3) is 0 Å². The highest BCUT2D eigenvalue weighted by Gasteiger charge is 2.15. The molecule has 0 N–H and O–H groups in total. The van der Waals surface area contributed by atoms with Crippen LogP contribution in [0.1, 0.15) is 26.2 Å². The van der Waals surface area contributed by atoms with Gasteiger partial charge in [0.1, 0.15) is 0 Å².